The smallest absolute Gasteiger partial charge is 0.277 e. The molecule has 2 aliphatic rings. The van der Waals surface area contributed by atoms with Crippen LogP contribution in [0.1, 0.15) is 36.5 Å². The van der Waals surface area contributed by atoms with Crippen LogP contribution in [0.2, 0.25) is 10.0 Å². The summed E-state index contributed by atoms with van der Waals surface area (Å²) < 4.78 is 0. The highest BCUT2D eigenvalue weighted by Crippen LogP contribution is 2.37. The molecule has 0 bridgehead atoms. The van der Waals surface area contributed by atoms with Gasteiger partial charge in [-0.3, -0.25) is 14.5 Å². The summed E-state index contributed by atoms with van der Waals surface area (Å²) in [7, 11) is 0. The summed E-state index contributed by atoms with van der Waals surface area (Å²) in [6.45, 7) is 3.73. The van der Waals surface area contributed by atoms with Gasteiger partial charge in [-0.1, -0.05) is 66.9 Å². The van der Waals surface area contributed by atoms with E-state index in [-0.39, 0.29) is 11.8 Å². The van der Waals surface area contributed by atoms with Crippen LogP contribution in [0.5, 0.6) is 0 Å². The molecule has 4 rings (SSSR count). The standard InChI is InChI=1S/C23H22Cl2N2O2/c1-2-3-11-27-22(28)20(18-9-8-17(24)13-19(18)25)21(23(27)29)26-12-10-15-6-4-5-7-16(15)14-26/h4-9,13H,2-3,10-12,14H2,1H3. The lowest BCUT2D eigenvalue weighted by atomic mass is 9.98. The van der Waals surface area contributed by atoms with Crippen molar-refractivity contribution in [1.82, 2.24) is 9.80 Å². The van der Waals surface area contributed by atoms with Gasteiger partial charge in [-0.25, -0.2) is 0 Å². The molecule has 2 heterocycles. The normalized spacial score (nSPS) is 16.7. The molecule has 150 valence electrons. The topological polar surface area (TPSA) is 40.6 Å². The Morgan fingerprint density at radius 1 is 1.00 bits per heavy atom. The molecule has 4 nitrogen and oxygen atoms in total. The molecule has 2 aromatic carbocycles. The average molecular weight is 429 g/mol. The van der Waals surface area contributed by atoms with Crippen molar-refractivity contribution in [1.29, 1.82) is 0 Å². The highest BCUT2D eigenvalue weighted by Gasteiger charge is 2.42. The lowest BCUT2D eigenvalue weighted by molar-refractivity contribution is -0.137. The van der Waals surface area contributed by atoms with Crippen LogP contribution >= 0.6 is 23.2 Å². The summed E-state index contributed by atoms with van der Waals surface area (Å²) in [5.41, 5.74) is 3.86. The number of unbranched alkanes of at least 4 members (excludes halogenated alkanes) is 1. The molecule has 0 atom stereocenters. The SMILES string of the molecule is CCCCN1C(=O)C(c2ccc(Cl)cc2Cl)=C(N2CCc3ccccc3C2)C1=O. The summed E-state index contributed by atoms with van der Waals surface area (Å²) in [5.74, 6) is -0.509. The van der Waals surface area contributed by atoms with Gasteiger partial charge in [0.1, 0.15) is 5.70 Å². The first-order valence-electron chi connectivity index (χ1n) is 9.89. The van der Waals surface area contributed by atoms with E-state index in [0.717, 1.165) is 19.3 Å². The van der Waals surface area contributed by atoms with Crippen LogP contribution in [-0.2, 0) is 22.6 Å². The molecular weight excluding hydrogens is 407 g/mol. The Morgan fingerprint density at radius 3 is 2.48 bits per heavy atom. The van der Waals surface area contributed by atoms with Gasteiger partial charge < -0.3 is 4.90 Å². The summed E-state index contributed by atoms with van der Waals surface area (Å²) in [4.78, 5) is 30.0. The maximum Gasteiger partial charge on any atom is 0.277 e. The number of hydrogen-bond acceptors (Lipinski definition) is 3. The van der Waals surface area contributed by atoms with Gasteiger partial charge in [-0.15, -0.1) is 0 Å². The van der Waals surface area contributed by atoms with Crippen molar-refractivity contribution in [2.45, 2.75) is 32.7 Å². The van der Waals surface area contributed by atoms with Crippen molar-refractivity contribution in [3.63, 3.8) is 0 Å². The third kappa shape index (κ3) is 3.67. The first-order chi connectivity index (χ1) is 14.0. The Kier molecular flexibility index (Phi) is 5.66. The van der Waals surface area contributed by atoms with E-state index >= 15 is 0 Å². The minimum Gasteiger partial charge on any atom is -0.362 e. The number of rotatable bonds is 5. The van der Waals surface area contributed by atoms with Crippen LogP contribution in [0.25, 0.3) is 5.57 Å². The lowest BCUT2D eigenvalue weighted by Crippen LogP contribution is -2.37. The van der Waals surface area contributed by atoms with E-state index in [0.29, 0.717) is 46.5 Å². The third-order valence-corrected chi connectivity index (χ3v) is 6.07. The van der Waals surface area contributed by atoms with E-state index in [1.165, 1.54) is 16.0 Å². The number of imide groups is 1. The summed E-state index contributed by atoms with van der Waals surface area (Å²) >= 11 is 12.5. The minimum absolute atomic E-state index is 0.233. The van der Waals surface area contributed by atoms with Gasteiger partial charge in [-0.2, -0.15) is 0 Å². The molecule has 2 amide bonds. The molecule has 0 radical (unpaired) electrons. The number of carbonyl (C=O) groups excluding carboxylic acids is 2. The van der Waals surface area contributed by atoms with Crippen molar-refractivity contribution < 1.29 is 9.59 Å². The Bertz CT molecular complexity index is 1020. The Balaban J connectivity index is 1.80. The number of fused-ring (bicyclic) bond motifs is 1. The van der Waals surface area contributed by atoms with Gasteiger partial charge in [0.15, 0.2) is 0 Å². The molecule has 0 saturated carbocycles. The Labute approximate surface area is 180 Å². The Morgan fingerprint density at radius 2 is 1.76 bits per heavy atom. The van der Waals surface area contributed by atoms with Crippen LogP contribution < -0.4 is 0 Å². The van der Waals surface area contributed by atoms with Crippen LogP contribution in [0.4, 0.5) is 0 Å². The van der Waals surface area contributed by atoms with Gasteiger partial charge in [0, 0.05) is 30.2 Å². The minimum atomic E-state index is -0.276. The summed E-state index contributed by atoms with van der Waals surface area (Å²) in [6, 6.07) is 13.3. The van der Waals surface area contributed by atoms with E-state index in [1.54, 1.807) is 18.2 Å². The van der Waals surface area contributed by atoms with Crippen LogP contribution in [0, 0.1) is 0 Å². The molecule has 0 spiro atoms. The zero-order chi connectivity index (χ0) is 20.5. The van der Waals surface area contributed by atoms with Gasteiger partial charge in [0.25, 0.3) is 11.8 Å². The second kappa shape index (κ2) is 8.21. The molecule has 2 aliphatic heterocycles. The maximum absolute atomic E-state index is 13.3. The van der Waals surface area contributed by atoms with Crippen LogP contribution in [-0.4, -0.2) is 34.7 Å². The van der Waals surface area contributed by atoms with Gasteiger partial charge in [0.05, 0.1) is 10.6 Å². The van der Waals surface area contributed by atoms with Gasteiger partial charge in [-0.05, 0) is 36.1 Å². The van der Waals surface area contributed by atoms with Gasteiger partial charge >= 0.3 is 0 Å². The number of carbonyl (C=O) groups is 2. The fourth-order valence-corrected chi connectivity index (χ4v) is 4.50. The zero-order valence-electron chi connectivity index (χ0n) is 16.3. The number of amides is 2. The first-order valence-corrected chi connectivity index (χ1v) is 10.6. The number of hydrogen-bond donors (Lipinski definition) is 0. The molecule has 2 aromatic rings. The van der Waals surface area contributed by atoms with E-state index in [4.69, 9.17) is 23.2 Å². The average Bonchev–Trinajstić information content (AvgIpc) is 2.96. The van der Waals surface area contributed by atoms with Crippen LogP contribution in [0.15, 0.2) is 48.2 Å². The quantitative estimate of drug-likeness (QED) is 0.633. The number of benzene rings is 2. The summed E-state index contributed by atoms with van der Waals surface area (Å²) in [6.07, 6.45) is 2.51. The van der Waals surface area contributed by atoms with Crippen molar-refractivity contribution in [2.75, 3.05) is 13.1 Å². The predicted octanol–water partition coefficient (Wildman–Crippen LogP) is 4.93. The van der Waals surface area contributed by atoms with Crippen molar-refractivity contribution in [3.8, 4) is 0 Å². The van der Waals surface area contributed by atoms with Crippen molar-refractivity contribution in [2.24, 2.45) is 0 Å². The molecule has 0 unspecified atom stereocenters. The fourth-order valence-electron chi connectivity index (χ4n) is 4.00. The molecule has 0 aromatic heterocycles. The molecular formula is C23H22Cl2N2O2. The molecule has 0 saturated heterocycles. The highest BCUT2D eigenvalue weighted by molar-refractivity contribution is 6.41. The number of halogens is 2. The van der Waals surface area contributed by atoms with Crippen LogP contribution in [0.3, 0.4) is 0 Å². The zero-order valence-corrected chi connectivity index (χ0v) is 17.8. The molecule has 29 heavy (non-hydrogen) atoms. The molecule has 0 fully saturated rings. The largest absolute Gasteiger partial charge is 0.362 e. The molecule has 0 aliphatic carbocycles. The van der Waals surface area contributed by atoms with E-state index in [1.807, 2.05) is 24.0 Å². The highest BCUT2D eigenvalue weighted by atomic mass is 35.5. The van der Waals surface area contributed by atoms with E-state index < -0.39 is 0 Å². The predicted molar refractivity (Wildman–Crippen MR) is 116 cm³/mol. The van der Waals surface area contributed by atoms with Gasteiger partial charge in [0.2, 0.25) is 0 Å². The third-order valence-electron chi connectivity index (χ3n) is 5.53. The molecule has 6 heteroatoms. The monoisotopic (exact) mass is 428 g/mol. The van der Waals surface area contributed by atoms with Crippen molar-refractivity contribution >= 4 is 40.6 Å². The lowest BCUT2D eigenvalue weighted by Gasteiger charge is -2.31. The first kappa shape index (κ1) is 20.0. The second-order valence-corrected chi connectivity index (χ2v) is 8.25. The van der Waals surface area contributed by atoms with E-state index in [9.17, 15) is 9.59 Å². The second-order valence-electron chi connectivity index (χ2n) is 7.40. The number of nitrogens with zero attached hydrogens (tertiary/aromatic N) is 2. The maximum atomic E-state index is 13.3. The molecule has 0 N–H and O–H groups in total. The summed E-state index contributed by atoms with van der Waals surface area (Å²) in [5, 5.41) is 0.869. The Hall–Kier alpha value is -2.30. The fraction of sp³-hybridized carbons (Fsp3) is 0.304. The van der Waals surface area contributed by atoms with Crippen molar-refractivity contribution in [3.05, 3.63) is 74.9 Å². The van der Waals surface area contributed by atoms with E-state index in [2.05, 4.69) is 12.1 Å².